The summed E-state index contributed by atoms with van der Waals surface area (Å²) in [4.78, 5) is 0.286. The van der Waals surface area contributed by atoms with Crippen molar-refractivity contribution in [1.82, 2.24) is 4.72 Å². The van der Waals surface area contributed by atoms with E-state index in [2.05, 4.69) is 4.72 Å². The summed E-state index contributed by atoms with van der Waals surface area (Å²) in [6, 6.07) is 11.1. The molecule has 2 aromatic carbocycles. The monoisotopic (exact) mass is 349 g/mol. The highest BCUT2D eigenvalue weighted by molar-refractivity contribution is 7.89. The number of hydrogen-bond acceptors (Lipinski definition) is 3. The number of benzene rings is 2. The first-order valence-electron chi connectivity index (χ1n) is 8.04. The number of fused-ring (bicyclic) bond motifs is 1. The van der Waals surface area contributed by atoms with Gasteiger partial charge in [-0.1, -0.05) is 12.1 Å². The van der Waals surface area contributed by atoms with E-state index in [0.29, 0.717) is 5.75 Å². The third-order valence-electron chi connectivity index (χ3n) is 4.09. The molecule has 0 saturated heterocycles. The summed E-state index contributed by atoms with van der Waals surface area (Å²) in [5.74, 6) is -0.00915. The zero-order valence-corrected chi connectivity index (χ0v) is 14.1. The average molecular weight is 349 g/mol. The summed E-state index contributed by atoms with van der Waals surface area (Å²) in [5.41, 5.74) is 2.37. The molecule has 0 unspecified atom stereocenters. The van der Waals surface area contributed by atoms with Crippen molar-refractivity contribution in [3.05, 3.63) is 59.4 Å². The van der Waals surface area contributed by atoms with E-state index in [9.17, 15) is 12.8 Å². The molecule has 0 heterocycles. The van der Waals surface area contributed by atoms with Crippen molar-refractivity contribution in [2.24, 2.45) is 0 Å². The molecule has 0 aliphatic heterocycles. The predicted molar refractivity (Wildman–Crippen MR) is 90.2 cm³/mol. The zero-order chi connectivity index (χ0) is 17.0. The van der Waals surface area contributed by atoms with Crippen LogP contribution < -0.4 is 9.46 Å². The first-order chi connectivity index (χ1) is 11.5. The summed E-state index contributed by atoms with van der Waals surface area (Å²) in [6.07, 6.45) is 4.21. The number of nitrogens with one attached hydrogen (secondary N) is 1. The van der Waals surface area contributed by atoms with Crippen LogP contribution in [0.15, 0.2) is 47.4 Å². The molecular weight excluding hydrogens is 329 g/mol. The van der Waals surface area contributed by atoms with Gasteiger partial charge in [-0.25, -0.2) is 17.5 Å². The van der Waals surface area contributed by atoms with Gasteiger partial charge in [-0.3, -0.25) is 0 Å². The quantitative estimate of drug-likeness (QED) is 0.816. The second-order valence-corrected chi connectivity index (χ2v) is 7.61. The van der Waals surface area contributed by atoms with E-state index in [0.717, 1.165) is 31.2 Å². The van der Waals surface area contributed by atoms with Gasteiger partial charge < -0.3 is 4.74 Å². The van der Waals surface area contributed by atoms with Crippen LogP contribution in [0.5, 0.6) is 5.75 Å². The predicted octanol–water partition coefficient (Wildman–Crippen LogP) is 3.06. The summed E-state index contributed by atoms with van der Waals surface area (Å²) >= 11 is 0. The molecule has 128 valence electrons. The normalized spacial score (nSPS) is 14.2. The fourth-order valence-electron chi connectivity index (χ4n) is 2.86. The maximum absolute atomic E-state index is 13.0. The Labute approximate surface area is 141 Å². The number of halogens is 1. The van der Waals surface area contributed by atoms with Gasteiger partial charge in [-0.05, 0) is 61.1 Å². The van der Waals surface area contributed by atoms with E-state index >= 15 is 0 Å². The van der Waals surface area contributed by atoms with Gasteiger partial charge in [-0.2, -0.15) is 0 Å². The molecule has 4 nitrogen and oxygen atoms in total. The first kappa shape index (κ1) is 16.9. The third kappa shape index (κ3) is 4.13. The lowest BCUT2D eigenvalue weighted by Crippen LogP contribution is -2.28. The second kappa shape index (κ2) is 7.32. The highest BCUT2D eigenvalue weighted by Crippen LogP contribution is 2.24. The van der Waals surface area contributed by atoms with Gasteiger partial charge >= 0.3 is 0 Å². The van der Waals surface area contributed by atoms with E-state index in [1.54, 1.807) is 24.3 Å². The Morgan fingerprint density at radius 1 is 1.04 bits per heavy atom. The number of sulfonamides is 1. The summed E-state index contributed by atoms with van der Waals surface area (Å²) < 4.78 is 45.6. The second-order valence-electron chi connectivity index (χ2n) is 5.84. The van der Waals surface area contributed by atoms with Crippen LogP contribution in [0.25, 0.3) is 0 Å². The molecule has 3 rings (SSSR count). The molecule has 0 radical (unpaired) electrons. The van der Waals surface area contributed by atoms with Gasteiger partial charge in [0.2, 0.25) is 10.0 Å². The first-order valence-corrected chi connectivity index (χ1v) is 9.53. The highest BCUT2D eigenvalue weighted by atomic mass is 32.2. The molecule has 2 aromatic rings. The van der Waals surface area contributed by atoms with E-state index in [4.69, 9.17) is 4.74 Å². The topological polar surface area (TPSA) is 55.4 Å². The van der Waals surface area contributed by atoms with Gasteiger partial charge in [-0.15, -0.1) is 0 Å². The average Bonchev–Trinajstić information content (AvgIpc) is 2.58. The standard InChI is InChI=1S/C18H20FNO3S/c19-16-6-3-7-17(13-16)23-11-10-20-24(21,22)18-9-8-14-4-1-2-5-15(14)12-18/h3,6-9,12-13,20H,1-2,4-5,10-11H2. The molecule has 1 aliphatic carbocycles. The Bertz CT molecular complexity index is 821. The summed E-state index contributed by atoms with van der Waals surface area (Å²) in [7, 11) is -3.56. The smallest absolute Gasteiger partial charge is 0.240 e. The molecule has 0 saturated carbocycles. The SMILES string of the molecule is O=S(=O)(NCCOc1cccc(F)c1)c1ccc2c(c1)CCCC2. The molecule has 1 aliphatic rings. The molecule has 6 heteroatoms. The Balaban J connectivity index is 1.58. The van der Waals surface area contributed by atoms with Gasteiger partial charge in [0.15, 0.2) is 0 Å². The minimum Gasteiger partial charge on any atom is -0.492 e. The van der Waals surface area contributed by atoms with Crippen LogP contribution in [0.1, 0.15) is 24.0 Å². The molecule has 24 heavy (non-hydrogen) atoms. The Kier molecular flexibility index (Phi) is 5.16. The molecule has 0 bridgehead atoms. The fourth-order valence-corrected chi connectivity index (χ4v) is 3.93. The van der Waals surface area contributed by atoms with Gasteiger partial charge in [0, 0.05) is 12.6 Å². The number of rotatable bonds is 6. The lowest BCUT2D eigenvalue weighted by atomic mass is 9.92. The number of hydrogen-bond donors (Lipinski definition) is 1. The number of aryl methyl sites for hydroxylation is 2. The van der Waals surface area contributed by atoms with Crippen LogP contribution in [0.3, 0.4) is 0 Å². The maximum atomic E-state index is 13.0. The number of ether oxygens (including phenoxy) is 1. The zero-order valence-electron chi connectivity index (χ0n) is 13.3. The van der Waals surface area contributed by atoms with Crippen molar-refractivity contribution in [2.45, 2.75) is 30.6 Å². The van der Waals surface area contributed by atoms with Crippen LogP contribution in [0, 0.1) is 5.82 Å². The van der Waals surface area contributed by atoms with E-state index in [1.807, 2.05) is 6.07 Å². The van der Waals surface area contributed by atoms with Crippen LogP contribution >= 0.6 is 0 Å². The molecule has 0 atom stereocenters. The summed E-state index contributed by atoms with van der Waals surface area (Å²) in [6.45, 7) is 0.254. The molecule has 0 amide bonds. The Morgan fingerprint density at radius 2 is 1.83 bits per heavy atom. The van der Waals surface area contributed by atoms with E-state index in [-0.39, 0.29) is 23.9 Å². The van der Waals surface area contributed by atoms with Crippen LogP contribution in [-0.4, -0.2) is 21.6 Å². The minimum absolute atomic E-state index is 0.121. The summed E-state index contributed by atoms with van der Waals surface area (Å²) in [5, 5.41) is 0. The van der Waals surface area contributed by atoms with Crippen LogP contribution in [-0.2, 0) is 22.9 Å². The largest absolute Gasteiger partial charge is 0.492 e. The Hall–Kier alpha value is -1.92. The molecule has 0 aromatic heterocycles. The maximum Gasteiger partial charge on any atom is 0.240 e. The third-order valence-corrected chi connectivity index (χ3v) is 5.55. The van der Waals surface area contributed by atoms with Crippen LogP contribution in [0.2, 0.25) is 0 Å². The van der Waals surface area contributed by atoms with Crippen molar-refractivity contribution in [2.75, 3.05) is 13.2 Å². The Morgan fingerprint density at radius 3 is 2.62 bits per heavy atom. The lowest BCUT2D eigenvalue weighted by molar-refractivity contribution is 0.321. The van der Waals surface area contributed by atoms with Crippen molar-refractivity contribution in [3.8, 4) is 5.75 Å². The molecule has 1 N–H and O–H groups in total. The molecule has 0 fully saturated rings. The molecule has 0 spiro atoms. The van der Waals surface area contributed by atoms with Gasteiger partial charge in [0.25, 0.3) is 0 Å². The van der Waals surface area contributed by atoms with Gasteiger partial charge in [0.1, 0.15) is 18.2 Å². The van der Waals surface area contributed by atoms with Crippen molar-refractivity contribution < 1.29 is 17.5 Å². The minimum atomic E-state index is -3.56. The van der Waals surface area contributed by atoms with E-state index < -0.39 is 10.0 Å². The molecular formula is C18H20FNO3S. The fraction of sp³-hybridized carbons (Fsp3) is 0.333. The van der Waals surface area contributed by atoms with Crippen molar-refractivity contribution in [1.29, 1.82) is 0 Å². The van der Waals surface area contributed by atoms with E-state index in [1.165, 1.54) is 17.7 Å². The van der Waals surface area contributed by atoms with Crippen molar-refractivity contribution in [3.63, 3.8) is 0 Å². The lowest BCUT2D eigenvalue weighted by Gasteiger charge is -2.16. The highest BCUT2D eigenvalue weighted by Gasteiger charge is 2.17. The van der Waals surface area contributed by atoms with Crippen LogP contribution in [0.4, 0.5) is 4.39 Å². The van der Waals surface area contributed by atoms with Gasteiger partial charge in [0.05, 0.1) is 4.90 Å². The van der Waals surface area contributed by atoms with Crippen molar-refractivity contribution >= 4 is 10.0 Å².